The smallest absolute Gasteiger partial charge is 0.319 e. The van der Waals surface area contributed by atoms with E-state index in [1.165, 1.54) is 19.3 Å². The number of primary amides is 2. The predicted molar refractivity (Wildman–Crippen MR) is 129 cm³/mol. The van der Waals surface area contributed by atoms with E-state index in [1.807, 2.05) is 6.07 Å². The van der Waals surface area contributed by atoms with Crippen LogP contribution in [0.2, 0.25) is 0 Å². The van der Waals surface area contributed by atoms with Crippen LogP contribution in [0.5, 0.6) is 0 Å². The molecule has 0 saturated heterocycles. The lowest BCUT2D eigenvalue weighted by Gasteiger charge is -2.35. The van der Waals surface area contributed by atoms with Gasteiger partial charge in [-0.05, 0) is 79.0 Å². The van der Waals surface area contributed by atoms with Crippen LogP contribution in [0.4, 0.5) is 4.79 Å². The first-order valence-electron chi connectivity index (χ1n) is 13.1. The lowest BCUT2D eigenvalue weighted by Crippen LogP contribution is -2.37. The van der Waals surface area contributed by atoms with Gasteiger partial charge in [0.2, 0.25) is 5.91 Å². The highest BCUT2D eigenvalue weighted by Gasteiger charge is 2.35. The number of benzene rings is 1. The molecule has 0 heterocycles. The van der Waals surface area contributed by atoms with Gasteiger partial charge in [-0.25, -0.2) is 4.79 Å². The van der Waals surface area contributed by atoms with Crippen LogP contribution in [0, 0.1) is 0 Å². The number of imide groups is 1. The third kappa shape index (κ3) is 5.25. The number of urea groups is 1. The molecule has 3 fully saturated rings. The zero-order valence-corrected chi connectivity index (χ0v) is 19.8. The molecule has 0 bridgehead atoms. The summed E-state index contributed by atoms with van der Waals surface area (Å²) in [5.41, 5.74) is 15.5. The molecular formula is C27H39N3O3. The summed E-state index contributed by atoms with van der Waals surface area (Å²) in [6.45, 7) is 0. The quantitative estimate of drug-likeness (QED) is 0.528. The van der Waals surface area contributed by atoms with Gasteiger partial charge in [0.15, 0.2) is 0 Å². The maximum Gasteiger partial charge on any atom is 0.319 e. The molecule has 3 saturated carbocycles. The Hall–Kier alpha value is -2.37. The van der Waals surface area contributed by atoms with Crippen molar-refractivity contribution in [1.29, 1.82) is 0 Å². The van der Waals surface area contributed by atoms with E-state index in [9.17, 15) is 14.4 Å². The summed E-state index contributed by atoms with van der Waals surface area (Å²) in [6.07, 6.45) is 16.6. The molecule has 1 aromatic carbocycles. The van der Waals surface area contributed by atoms with Crippen molar-refractivity contribution < 1.29 is 14.4 Å². The molecule has 0 aromatic heterocycles. The van der Waals surface area contributed by atoms with Gasteiger partial charge >= 0.3 is 6.03 Å². The summed E-state index contributed by atoms with van der Waals surface area (Å²) in [5.74, 6) is -0.180. The van der Waals surface area contributed by atoms with Gasteiger partial charge in [-0.2, -0.15) is 0 Å². The summed E-state index contributed by atoms with van der Waals surface area (Å²) >= 11 is 0. The molecule has 33 heavy (non-hydrogen) atoms. The monoisotopic (exact) mass is 453 g/mol. The normalized spacial score (nSPS) is 21.0. The predicted octanol–water partition coefficient (Wildman–Crippen LogP) is 5.74. The molecule has 0 aliphatic heterocycles. The van der Waals surface area contributed by atoms with Crippen molar-refractivity contribution >= 4 is 17.8 Å². The van der Waals surface area contributed by atoms with Crippen LogP contribution in [-0.2, 0) is 0 Å². The number of carbonyl (C=O) groups is 3. The molecule has 6 nitrogen and oxygen atoms in total. The molecular weight excluding hydrogens is 414 g/mol. The topological polar surface area (TPSA) is 115 Å². The molecule has 180 valence electrons. The summed E-state index contributed by atoms with van der Waals surface area (Å²) in [6, 6.07) is 1.15. The maximum atomic E-state index is 13.3. The van der Waals surface area contributed by atoms with Gasteiger partial charge < -0.3 is 11.5 Å². The lowest BCUT2D eigenvalue weighted by molar-refractivity contribution is 0.0964. The zero-order valence-electron chi connectivity index (χ0n) is 19.8. The number of amides is 4. The van der Waals surface area contributed by atoms with Crippen LogP contribution in [0.1, 0.15) is 151 Å². The highest BCUT2D eigenvalue weighted by Crippen LogP contribution is 2.47. The summed E-state index contributed by atoms with van der Waals surface area (Å²) in [7, 11) is 0. The van der Waals surface area contributed by atoms with Crippen molar-refractivity contribution in [2.24, 2.45) is 11.5 Å². The summed E-state index contributed by atoms with van der Waals surface area (Å²) < 4.78 is 0. The van der Waals surface area contributed by atoms with Gasteiger partial charge in [-0.3, -0.25) is 14.9 Å². The number of hydrogen-bond acceptors (Lipinski definition) is 3. The van der Waals surface area contributed by atoms with E-state index in [4.69, 9.17) is 11.5 Å². The summed E-state index contributed by atoms with van der Waals surface area (Å²) in [4.78, 5) is 38.0. The van der Waals surface area contributed by atoms with E-state index in [2.05, 4.69) is 5.32 Å². The highest BCUT2D eigenvalue weighted by atomic mass is 16.2. The molecule has 0 radical (unpaired) electrons. The van der Waals surface area contributed by atoms with E-state index in [0.717, 1.165) is 93.7 Å². The van der Waals surface area contributed by atoms with Gasteiger partial charge in [0.05, 0.1) is 0 Å². The van der Waals surface area contributed by atoms with Crippen LogP contribution in [0.3, 0.4) is 0 Å². The minimum atomic E-state index is -0.870. The van der Waals surface area contributed by atoms with Gasteiger partial charge in [-0.15, -0.1) is 0 Å². The standard InChI is InChI=1S/C27H39N3O3/c28-25(31)24-22(18-12-6-2-7-13-18)20(17-10-4-1-5-11-17)16-21(26(32)30-27(29)33)23(24)19-14-8-3-9-15-19/h16-19H,1-15H2,(H2,28,31)(H3,29,30,32,33). The second-order valence-corrected chi connectivity index (χ2v) is 10.4. The van der Waals surface area contributed by atoms with Crippen LogP contribution >= 0.6 is 0 Å². The van der Waals surface area contributed by atoms with Crippen LogP contribution in [0.15, 0.2) is 6.07 Å². The molecule has 0 unspecified atom stereocenters. The molecule has 4 amide bonds. The average Bonchev–Trinajstić information content (AvgIpc) is 2.84. The van der Waals surface area contributed by atoms with Crippen LogP contribution in [-0.4, -0.2) is 17.8 Å². The van der Waals surface area contributed by atoms with Gasteiger partial charge in [0, 0.05) is 11.1 Å². The van der Waals surface area contributed by atoms with E-state index < -0.39 is 17.8 Å². The van der Waals surface area contributed by atoms with Crippen molar-refractivity contribution in [2.75, 3.05) is 0 Å². The van der Waals surface area contributed by atoms with Gasteiger partial charge in [0.25, 0.3) is 5.91 Å². The number of carbonyl (C=O) groups excluding carboxylic acids is 3. The zero-order chi connectivity index (χ0) is 23.4. The fraction of sp³-hybridized carbons (Fsp3) is 0.667. The van der Waals surface area contributed by atoms with E-state index >= 15 is 0 Å². The first-order valence-corrected chi connectivity index (χ1v) is 13.1. The van der Waals surface area contributed by atoms with Crippen molar-refractivity contribution in [3.05, 3.63) is 33.9 Å². The van der Waals surface area contributed by atoms with E-state index in [0.29, 0.717) is 23.0 Å². The number of hydrogen-bond donors (Lipinski definition) is 3. The van der Waals surface area contributed by atoms with E-state index in [-0.39, 0.29) is 5.92 Å². The molecule has 3 aliphatic carbocycles. The first-order chi connectivity index (χ1) is 16.0. The lowest BCUT2D eigenvalue weighted by atomic mass is 9.69. The van der Waals surface area contributed by atoms with E-state index in [1.54, 1.807) is 0 Å². The van der Waals surface area contributed by atoms with Crippen LogP contribution < -0.4 is 16.8 Å². The minimum absolute atomic E-state index is 0.109. The molecule has 3 aliphatic rings. The largest absolute Gasteiger partial charge is 0.366 e. The van der Waals surface area contributed by atoms with Crippen molar-refractivity contribution in [3.8, 4) is 0 Å². The Morgan fingerprint density at radius 2 is 1.12 bits per heavy atom. The van der Waals surface area contributed by atoms with Gasteiger partial charge in [0.1, 0.15) is 0 Å². The molecule has 0 spiro atoms. The van der Waals surface area contributed by atoms with Gasteiger partial charge in [-0.1, -0.05) is 57.8 Å². The average molecular weight is 454 g/mol. The highest BCUT2D eigenvalue weighted by molar-refractivity contribution is 6.08. The van der Waals surface area contributed by atoms with Crippen molar-refractivity contribution in [2.45, 2.75) is 114 Å². The fourth-order valence-corrected chi connectivity index (χ4v) is 6.77. The molecule has 6 heteroatoms. The van der Waals surface area contributed by atoms with Crippen LogP contribution in [0.25, 0.3) is 0 Å². The SMILES string of the molecule is NC(=O)NC(=O)c1cc(C2CCCCC2)c(C2CCCCC2)c(C(N)=O)c1C1CCCCC1. The Balaban J connectivity index is 1.96. The fourth-order valence-electron chi connectivity index (χ4n) is 6.77. The molecule has 0 atom stereocenters. The Bertz CT molecular complexity index is 892. The van der Waals surface area contributed by atoms with Crippen molar-refractivity contribution in [3.63, 3.8) is 0 Å². The maximum absolute atomic E-state index is 13.3. The third-order valence-electron chi connectivity index (χ3n) is 8.24. The second-order valence-electron chi connectivity index (χ2n) is 10.4. The van der Waals surface area contributed by atoms with Crippen molar-refractivity contribution in [1.82, 2.24) is 5.32 Å². The number of nitrogens with two attached hydrogens (primary N) is 2. The Morgan fingerprint density at radius 1 is 0.667 bits per heavy atom. The summed E-state index contributed by atoms with van der Waals surface area (Å²) in [5, 5.41) is 2.28. The Kier molecular flexibility index (Phi) is 7.71. The number of nitrogens with one attached hydrogen (secondary N) is 1. The Labute approximate surface area is 197 Å². The first kappa shape index (κ1) is 23.8. The number of rotatable bonds is 5. The molecule has 5 N–H and O–H groups in total. The minimum Gasteiger partial charge on any atom is -0.366 e. The molecule has 4 rings (SSSR count). The third-order valence-corrected chi connectivity index (χ3v) is 8.24. The Morgan fingerprint density at radius 3 is 1.58 bits per heavy atom. The second kappa shape index (κ2) is 10.7. The molecule has 1 aromatic rings.